The third-order valence-corrected chi connectivity index (χ3v) is 4.09. The van der Waals surface area contributed by atoms with Crippen LogP contribution in [-0.4, -0.2) is 33.4 Å². The number of anilines is 1. The van der Waals surface area contributed by atoms with Gasteiger partial charge in [-0.2, -0.15) is 0 Å². The Balaban J connectivity index is 2.02. The highest BCUT2D eigenvalue weighted by Crippen LogP contribution is 2.27. The Kier molecular flexibility index (Phi) is 5.40. The number of rotatable bonds is 5. The molecule has 122 valence electrons. The molecule has 0 bridgehead atoms. The van der Waals surface area contributed by atoms with Gasteiger partial charge in [-0.1, -0.05) is 39.7 Å². The smallest absolute Gasteiger partial charge is 0.183 e. The van der Waals surface area contributed by atoms with Crippen LogP contribution >= 0.6 is 27.5 Å². The summed E-state index contributed by atoms with van der Waals surface area (Å²) in [6.07, 6.45) is 0. The largest absolute Gasteiger partial charge is 0.395 e. The third kappa shape index (κ3) is 3.90. The van der Waals surface area contributed by atoms with E-state index < -0.39 is 0 Å². The second-order valence-electron chi connectivity index (χ2n) is 5.00. The van der Waals surface area contributed by atoms with Gasteiger partial charge in [0.1, 0.15) is 5.69 Å². The molecule has 0 saturated carbocycles. The molecule has 3 aromatic rings. The van der Waals surface area contributed by atoms with E-state index in [2.05, 4.69) is 36.4 Å². The molecule has 0 aliphatic rings. The van der Waals surface area contributed by atoms with Crippen molar-refractivity contribution >= 4 is 33.3 Å². The van der Waals surface area contributed by atoms with Crippen LogP contribution in [0.25, 0.3) is 22.6 Å². The highest BCUT2D eigenvalue weighted by Gasteiger charge is 2.12. The molecule has 1 heterocycles. The van der Waals surface area contributed by atoms with E-state index in [1.54, 1.807) is 12.1 Å². The molecule has 0 atom stereocenters. The molecule has 5 nitrogen and oxygen atoms in total. The molecule has 3 rings (SSSR count). The predicted octanol–water partition coefficient (Wildman–Crippen LogP) is 4.03. The van der Waals surface area contributed by atoms with Crippen LogP contribution in [0.1, 0.15) is 0 Å². The summed E-state index contributed by atoms with van der Waals surface area (Å²) >= 11 is 9.33. The Hall–Kier alpha value is -2.02. The van der Waals surface area contributed by atoms with Crippen molar-refractivity contribution in [1.82, 2.24) is 15.2 Å². The number of aromatic nitrogens is 3. The molecule has 0 saturated heterocycles. The standard InChI is InChI=1S/C17H14BrClN4O/c18-13-5-1-11(2-6-13)15-17(20-9-10-24)21-16(23-22-15)12-3-7-14(19)8-4-12/h1-8,24H,9-10H2,(H,20,21,23). The van der Waals surface area contributed by atoms with Gasteiger partial charge in [0.2, 0.25) is 0 Å². The fourth-order valence-electron chi connectivity index (χ4n) is 2.15. The number of benzene rings is 2. The van der Waals surface area contributed by atoms with Gasteiger partial charge in [0.05, 0.1) is 6.61 Å². The molecule has 7 heteroatoms. The minimum Gasteiger partial charge on any atom is -0.395 e. The lowest BCUT2D eigenvalue weighted by Gasteiger charge is -2.11. The van der Waals surface area contributed by atoms with Crippen LogP contribution < -0.4 is 5.32 Å². The third-order valence-electron chi connectivity index (χ3n) is 3.31. The van der Waals surface area contributed by atoms with E-state index in [1.807, 2.05) is 36.4 Å². The molecular weight excluding hydrogens is 392 g/mol. The second-order valence-corrected chi connectivity index (χ2v) is 6.35. The van der Waals surface area contributed by atoms with E-state index in [0.717, 1.165) is 15.6 Å². The van der Waals surface area contributed by atoms with Gasteiger partial charge >= 0.3 is 0 Å². The number of hydrogen-bond acceptors (Lipinski definition) is 5. The number of hydrogen-bond donors (Lipinski definition) is 2. The van der Waals surface area contributed by atoms with Crippen LogP contribution in [-0.2, 0) is 0 Å². The molecule has 1 aromatic heterocycles. The van der Waals surface area contributed by atoms with Crippen LogP contribution in [0.5, 0.6) is 0 Å². The monoisotopic (exact) mass is 404 g/mol. The van der Waals surface area contributed by atoms with Gasteiger partial charge in [-0.3, -0.25) is 0 Å². The topological polar surface area (TPSA) is 70.9 Å². The van der Waals surface area contributed by atoms with Crippen LogP contribution in [0.15, 0.2) is 53.0 Å². The number of nitrogens with zero attached hydrogens (tertiary/aromatic N) is 3. The van der Waals surface area contributed by atoms with Crippen LogP contribution in [0, 0.1) is 0 Å². The van der Waals surface area contributed by atoms with E-state index >= 15 is 0 Å². The molecule has 0 spiro atoms. The summed E-state index contributed by atoms with van der Waals surface area (Å²) in [4.78, 5) is 4.56. The normalized spacial score (nSPS) is 10.6. The van der Waals surface area contributed by atoms with Crippen molar-refractivity contribution in [3.05, 3.63) is 58.0 Å². The van der Waals surface area contributed by atoms with E-state index in [9.17, 15) is 0 Å². The zero-order chi connectivity index (χ0) is 16.9. The van der Waals surface area contributed by atoms with Gasteiger partial charge in [-0.25, -0.2) is 4.98 Å². The summed E-state index contributed by atoms with van der Waals surface area (Å²) < 4.78 is 0.981. The Morgan fingerprint density at radius 1 is 0.958 bits per heavy atom. The van der Waals surface area contributed by atoms with Gasteiger partial charge < -0.3 is 10.4 Å². The Morgan fingerprint density at radius 2 is 1.62 bits per heavy atom. The summed E-state index contributed by atoms with van der Waals surface area (Å²) in [5.41, 5.74) is 2.34. The summed E-state index contributed by atoms with van der Waals surface area (Å²) in [5, 5.41) is 21.4. The minimum absolute atomic E-state index is 0.0000585. The van der Waals surface area contributed by atoms with Crippen molar-refractivity contribution < 1.29 is 5.11 Å². The number of halogens is 2. The van der Waals surface area contributed by atoms with Crippen molar-refractivity contribution in [3.63, 3.8) is 0 Å². The second kappa shape index (κ2) is 7.70. The summed E-state index contributed by atoms with van der Waals surface area (Å²) in [6, 6.07) is 15.0. The molecule has 0 amide bonds. The molecule has 2 N–H and O–H groups in total. The first-order chi connectivity index (χ1) is 11.7. The van der Waals surface area contributed by atoms with Crippen molar-refractivity contribution in [1.29, 1.82) is 0 Å². The molecule has 24 heavy (non-hydrogen) atoms. The van der Waals surface area contributed by atoms with Crippen LogP contribution in [0.2, 0.25) is 5.02 Å². The zero-order valence-electron chi connectivity index (χ0n) is 12.6. The Morgan fingerprint density at radius 3 is 2.29 bits per heavy atom. The van der Waals surface area contributed by atoms with Crippen LogP contribution in [0.4, 0.5) is 5.82 Å². The average molecular weight is 406 g/mol. The van der Waals surface area contributed by atoms with Crippen molar-refractivity contribution in [2.45, 2.75) is 0 Å². The molecular formula is C17H14BrClN4O. The number of aliphatic hydroxyl groups is 1. The van der Waals surface area contributed by atoms with E-state index in [4.69, 9.17) is 16.7 Å². The first-order valence-corrected chi connectivity index (χ1v) is 8.46. The highest BCUT2D eigenvalue weighted by atomic mass is 79.9. The van der Waals surface area contributed by atoms with E-state index in [-0.39, 0.29) is 6.61 Å². The maximum absolute atomic E-state index is 9.10. The van der Waals surface area contributed by atoms with Crippen LogP contribution in [0.3, 0.4) is 0 Å². The van der Waals surface area contributed by atoms with Gasteiger partial charge in [0.25, 0.3) is 0 Å². The first-order valence-electron chi connectivity index (χ1n) is 7.28. The van der Waals surface area contributed by atoms with Gasteiger partial charge in [0, 0.05) is 27.2 Å². The lowest BCUT2D eigenvalue weighted by Crippen LogP contribution is -2.10. The summed E-state index contributed by atoms with van der Waals surface area (Å²) in [6.45, 7) is 0.377. The summed E-state index contributed by atoms with van der Waals surface area (Å²) in [7, 11) is 0. The molecule has 0 unspecified atom stereocenters. The quantitative estimate of drug-likeness (QED) is 0.671. The van der Waals surface area contributed by atoms with Gasteiger partial charge in [-0.15, -0.1) is 10.2 Å². The van der Waals surface area contributed by atoms with E-state index in [1.165, 1.54) is 0 Å². The lowest BCUT2D eigenvalue weighted by atomic mass is 10.1. The van der Waals surface area contributed by atoms with Crippen molar-refractivity contribution in [3.8, 4) is 22.6 Å². The lowest BCUT2D eigenvalue weighted by molar-refractivity contribution is 0.311. The molecule has 0 aliphatic heterocycles. The fourth-order valence-corrected chi connectivity index (χ4v) is 2.54. The Labute approximate surface area is 152 Å². The van der Waals surface area contributed by atoms with Crippen molar-refractivity contribution in [2.24, 2.45) is 0 Å². The maximum atomic E-state index is 9.10. The summed E-state index contributed by atoms with van der Waals surface area (Å²) in [5.74, 6) is 1.07. The predicted molar refractivity (Wildman–Crippen MR) is 99.0 cm³/mol. The number of aliphatic hydroxyl groups excluding tert-OH is 1. The molecule has 2 aromatic carbocycles. The van der Waals surface area contributed by atoms with Crippen molar-refractivity contribution in [2.75, 3.05) is 18.5 Å². The highest BCUT2D eigenvalue weighted by molar-refractivity contribution is 9.10. The molecule has 0 fully saturated rings. The fraction of sp³-hybridized carbons (Fsp3) is 0.118. The maximum Gasteiger partial charge on any atom is 0.183 e. The Bertz CT molecular complexity index is 825. The number of nitrogens with one attached hydrogen (secondary N) is 1. The molecule has 0 aliphatic carbocycles. The average Bonchev–Trinajstić information content (AvgIpc) is 2.61. The van der Waals surface area contributed by atoms with E-state index in [0.29, 0.717) is 28.9 Å². The van der Waals surface area contributed by atoms with Gasteiger partial charge in [0.15, 0.2) is 11.6 Å². The first kappa shape index (κ1) is 16.8. The SMILES string of the molecule is OCCNc1nc(-c2ccc(Cl)cc2)nnc1-c1ccc(Br)cc1. The minimum atomic E-state index is 0.0000585. The zero-order valence-corrected chi connectivity index (χ0v) is 14.9. The molecule has 0 radical (unpaired) electrons. The van der Waals surface area contributed by atoms with Gasteiger partial charge in [-0.05, 0) is 36.4 Å².